The van der Waals surface area contributed by atoms with Crippen LogP contribution in [0.25, 0.3) is 0 Å². The van der Waals surface area contributed by atoms with Gasteiger partial charge in [0.15, 0.2) is 17.5 Å². The van der Waals surface area contributed by atoms with Crippen LogP contribution in [0, 0.1) is 0 Å². The summed E-state index contributed by atoms with van der Waals surface area (Å²) >= 11 is 0. The third kappa shape index (κ3) is 7.27. The van der Waals surface area contributed by atoms with Gasteiger partial charge in [-0.15, -0.1) is 0 Å². The number of hydrogen-bond donors (Lipinski definition) is 2. The highest BCUT2D eigenvalue weighted by atomic mass is 16.5. The number of imidazole rings is 1. The van der Waals surface area contributed by atoms with Gasteiger partial charge in [0, 0.05) is 25.5 Å². The normalized spacial score (nSPS) is 12.3. The second-order valence-corrected chi connectivity index (χ2v) is 7.69. The minimum Gasteiger partial charge on any atom is -0.490 e. The highest BCUT2D eigenvalue weighted by Gasteiger charge is 2.12. The molecule has 1 heterocycles. The fourth-order valence-electron chi connectivity index (χ4n) is 3.53. The van der Waals surface area contributed by atoms with Gasteiger partial charge in [0.25, 0.3) is 0 Å². The molecule has 0 aliphatic carbocycles. The summed E-state index contributed by atoms with van der Waals surface area (Å²) in [5.74, 6) is 2.31. The molecule has 0 aliphatic heterocycles. The maximum Gasteiger partial charge on any atom is 0.192 e. The van der Waals surface area contributed by atoms with E-state index in [4.69, 9.17) is 14.5 Å². The lowest BCUT2D eigenvalue weighted by molar-refractivity contribution is 0.287. The standard InChI is InChI=1S/C26H35N5O2/c1-5-28-26(29-17-21-9-8-10-22(15-21)18-31-14-13-27-19-31)30-20(4)23-11-12-24(32-6-2)25(16-23)33-7-3/h8-16,19-20H,5-7,17-18H2,1-4H3,(H2,28,29,30). The van der Waals surface area contributed by atoms with E-state index < -0.39 is 0 Å². The van der Waals surface area contributed by atoms with E-state index >= 15 is 0 Å². The Hall–Kier alpha value is -3.48. The van der Waals surface area contributed by atoms with Gasteiger partial charge in [-0.2, -0.15) is 0 Å². The first-order valence-electron chi connectivity index (χ1n) is 11.6. The van der Waals surface area contributed by atoms with Gasteiger partial charge in [0.1, 0.15) is 0 Å². The van der Waals surface area contributed by atoms with Gasteiger partial charge in [-0.1, -0.05) is 30.3 Å². The SMILES string of the molecule is CCNC(=NCc1cccc(Cn2ccnc2)c1)NC(C)c1ccc(OCC)c(OCC)c1. The smallest absolute Gasteiger partial charge is 0.192 e. The van der Waals surface area contributed by atoms with Crippen molar-refractivity contribution >= 4 is 5.96 Å². The lowest BCUT2D eigenvalue weighted by Crippen LogP contribution is -2.38. The zero-order valence-electron chi connectivity index (χ0n) is 20.0. The van der Waals surface area contributed by atoms with Crippen molar-refractivity contribution in [3.8, 4) is 11.5 Å². The van der Waals surface area contributed by atoms with Crippen LogP contribution in [-0.4, -0.2) is 35.3 Å². The second kappa shape index (κ2) is 12.5. The molecule has 0 saturated heterocycles. The van der Waals surface area contributed by atoms with E-state index in [9.17, 15) is 0 Å². The molecule has 0 fully saturated rings. The zero-order chi connectivity index (χ0) is 23.5. The van der Waals surface area contributed by atoms with Gasteiger partial charge in [-0.25, -0.2) is 9.98 Å². The Morgan fingerprint density at radius 3 is 2.55 bits per heavy atom. The van der Waals surface area contributed by atoms with Crippen molar-refractivity contribution in [2.45, 2.75) is 46.8 Å². The molecule has 0 amide bonds. The van der Waals surface area contributed by atoms with E-state index in [1.165, 1.54) is 5.56 Å². The molecular weight excluding hydrogens is 414 g/mol. The van der Waals surface area contributed by atoms with Crippen molar-refractivity contribution < 1.29 is 9.47 Å². The molecule has 0 saturated carbocycles. The largest absolute Gasteiger partial charge is 0.490 e. The van der Waals surface area contributed by atoms with E-state index in [-0.39, 0.29) is 6.04 Å². The summed E-state index contributed by atoms with van der Waals surface area (Å²) in [5.41, 5.74) is 3.50. The summed E-state index contributed by atoms with van der Waals surface area (Å²) in [6, 6.07) is 14.6. The Labute approximate surface area is 196 Å². The summed E-state index contributed by atoms with van der Waals surface area (Å²) in [7, 11) is 0. The lowest BCUT2D eigenvalue weighted by Gasteiger charge is -2.20. The van der Waals surface area contributed by atoms with E-state index in [1.807, 2.05) is 38.5 Å². The Balaban J connectivity index is 1.69. The Morgan fingerprint density at radius 2 is 1.82 bits per heavy atom. The average Bonchev–Trinajstić information content (AvgIpc) is 3.32. The molecule has 7 heteroatoms. The van der Waals surface area contributed by atoms with Gasteiger partial charge >= 0.3 is 0 Å². The number of benzene rings is 2. The highest BCUT2D eigenvalue weighted by Crippen LogP contribution is 2.30. The maximum atomic E-state index is 5.78. The number of guanidine groups is 1. The summed E-state index contributed by atoms with van der Waals surface area (Å²) in [5, 5.41) is 6.85. The molecule has 0 radical (unpaired) electrons. The van der Waals surface area contributed by atoms with Gasteiger partial charge in [-0.3, -0.25) is 0 Å². The van der Waals surface area contributed by atoms with E-state index in [2.05, 4.69) is 64.4 Å². The van der Waals surface area contributed by atoms with Crippen molar-refractivity contribution in [2.75, 3.05) is 19.8 Å². The third-order valence-corrected chi connectivity index (χ3v) is 5.10. The molecule has 0 spiro atoms. The van der Waals surface area contributed by atoms with Crippen LogP contribution in [0.4, 0.5) is 0 Å². The van der Waals surface area contributed by atoms with Crippen LogP contribution < -0.4 is 20.1 Å². The summed E-state index contributed by atoms with van der Waals surface area (Å²) in [6.45, 7) is 11.5. The van der Waals surface area contributed by atoms with Crippen molar-refractivity contribution in [3.63, 3.8) is 0 Å². The second-order valence-electron chi connectivity index (χ2n) is 7.69. The van der Waals surface area contributed by atoms with Crippen LogP contribution in [0.2, 0.25) is 0 Å². The van der Waals surface area contributed by atoms with E-state index in [0.29, 0.717) is 19.8 Å². The van der Waals surface area contributed by atoms with Crippen LogP contribution in [0.15, 0.2) is 66.2 Å². The molecule has 1 aromatic heterocycles. The number of nitrogens with one attached hydrogen (secondary N) is 2. The number of aromatic nitrogens is 2. The minimum absolute atomic E-state index is 0.0465. The summed E-state index contributed by atoms with van der Waals surface area (Å²) in [4.78, 5) is 8.93. The first-order chi connectivity index (χ1) is 16.1. The summed E-state index contributed by atoms with van der Waals surface area (Å²) in [6.07, 6.45) is 5.60. The Kier molecular flexibility index (Phi) is 9.18. The summed E-state index contributed by atoms with van der Waals surface area (Å²) < 4.78 is 13.5. The molecule has 2 N–H and O–H groups in total. The van der Waals surface area contributed by atoms with Crippen molar-refractivity contribution in [3.05, 3.63) is 77.9 Å². The van der Waals surface area contributed by atoms with Crippen LogP contribution in [0.3, 0.4) is 0 Å². The number of rotatable bonds is 11. The van der Waals surface area contributed by atoms with Crippen molar-refractivity contribution in [1.29, 1.82) is 0 Å². The maximum absolute atomic E-state index is 5.78. The Bertz CT molecular complexity index is 1020. The van der Waals surface area contributed by atoms with Crippen molar-refractivity contribution in [2.24, 2.45) is 4.99 Å². The van der Waals surface area contributed by atoms with Crippen LogP contribution >= 0.6 is 0 Å². The predicted octanol–water partition coefficient (Wildman–Crippen LogP) is 4.55. The van der Waals surface area contributed by atoms with Gasteiger partial charge in [0.2, 0.25) is 0 Å². The van der Waals surface area contributed by atoms with Crippen molar-refractivity contribution in [1.82, 2.24) is 20.2 Å². The highest BCUT2D eigenvalue weighted by molar-refractivity contribution is 5.80. The number of aliphatic imine (C=N–C) groups is 1. The molecule has 0 bridgehead atoms. The molecule has 1 unspecified atom stereocenters. The van der Waals surface area contributed by atoms with E-state index in [0.717, 1.165) is 41.7 Å². The van der Waals surface area contributed by atoms with E-state index in [1.54, 1.807) is 6.20 Å². The molecule has 3 aromatic rings. The molecule has 33 heavy (non-hydrogen) atoms. The monoisotopic (exact) mass is 449 g/mol. The predicted molar refractivity (Wildman–Crippen MR) is 133 cm³/mol. The minimum atomic E-state index is 0.0465. The Morgan fingerprint density at radius 1 is 1.03 bits per heavy atom. The molecule has 0 aliphatic rings. The number of hydrogen-bond acceptors (Lipinski definition) is 4. The third-order valence-electron chi connectivity index (χ3n) is 5.10. The molecule has 3 rings (SSSR count). The van der Waals surface area contributed by atoms with Gasteiger partial charge in [0.05, 0.1) is 32.1 Å². The van der Waals surface area contributed by atoms with Crippen LogP contribution in [-0.2, 0) is 13.1 Å². The zero-order valence-corrected chi connectivity index (χ0v) is 20.0. The van der Waals surface area contributed by atoms with Crippen LogP contribution in [0.1, 0.15) is 50.4 Å². The topological polar surface area (TPSA) is 72.7 Å². The number of nitrogens with zero attached hydrogens (tertiary/aromatic N) is 3. The average molecular weight is 450 g/mol. The fourth-order valence-corrected chi connectivity index (χ4v) is 3.53. The quantitative estimate of drug-likeness (QED) is 0.332. The molecule has 176 valence electrons. The molecule has 7 nitrogen and oxygen atoms in total. The molecule has 1 atom stereocenters. The van der Waals surface area contributed by atoms with Gasteiger partial charge < -0.3 is 24.7 Å². The first kappa shape index (κ1) is 24.2. The number of ether oxygens (including phenoxy) is 2. The van der Waals surface area contributed by atoms with Crippen LogP contribution in [0.5, 0.6) is 11.5 Å². The first-order valence-corrected chi connectivity index (χ1v) is 11.6. The lowest BCUT2D eigenvalue weighted by atomic mass is 10.1. The molecule has 2 aromatic carbocycles. The van der Waals surface area contributed by atoms with Gasteiger partial charge in [-0.05, 0) is 56.5 Å². The molecular formula is C26H35N5O2. The fraction of sp³-hybridized carbons (Fsp3) is 0.385.